The number of carbonyl (C=O) groups is 1. The number of benzene rings is 1. The van der Waals surface area contributed by atoms with Crippen molar-refractivity contribution >= 4 is 5.97 Å². The topological polar surface area (TPSA) is 92.8 Å². The van der Waals surface area contributed by atoms with Gasteiger partial charge in [-0.1, -0.05) is 12.1 Å². The molecule has 4 N–H and O–H groups in total. The molecule has 0 aliphatic rings. The molecule has 5 heteroatoms. The Morgan fingerprint density at radius 2 is 2.25 bits per heavy atom. The highest BCUT2D eigenvalue weighted by Crippen LogP contribution is 2.20. The number of rotatable bonds is 5. The van der Waals surface area contributed by atoms with E-state index in [0.717, 1.165) is 0 Å². The number of ether oxygens (including phenoxy) is 1. The van der Waals surface area contributed by atoms with Crippen LogP contribution in [0.1, 0.15) is 11.1 Å². The number of carboxylic acid groups (broad SMARTS) is 1. The fourth-order valence-electron chi connectivity index (χ4n) is 1.36. The first-order valence-electron chi connectivity index (χ1n) is 4.82. The summed E-state index contributed by atoms with van der Waals surface area (Å²) in [5.74, 6) is -0.961. The number of carboxylic acids is 1. The molecular weight excluding hydrogens is 210 g/mol. The molecule has 0 fully saturated rings. The summed E-state index contributed by atoms with van der Waals surface area (Å²) in [5, 5.41) is 18.2. The standard InChI is InChI=1S/C11H15NO4/c1-16-6-8-3-2-7(5-10(8)13)4-9(12)11(14)15/h2-3,5,9,13H,4,6,12H2,1H3,(H,14,15). The number of phenolic OH excluding ortho intramolecular Hbond substituents is 1. The molecule has 0 aliphatic heterocycles. The zero-order valence-electron chi connectivity index (χ0n) is 9.01. The third kappa shape index (κ3) is 3.22. The Hall–Kier alpha value is -1.59. The molecule has 0 saturated carbocycles. The molecule has 0 aromatic heterocycles. The van der Waals surface area contributed by atoms with Crippen molar-refractivity contribution in [1.82, 2.24) is 0 Å². The van der Waals surface area contributed by atoms with Crippen molar-refractivity contribution in [2.24, 2.45) is 5.73 Å². The lowest BCUT2D eigenvalue weighted by Gasteiger charge is -2.09. The van der Waals surface area contributed by atoms with E-state index in [1.165, 1.54) is 13.2 Å². The summed E-state index contributed by atoms with van der Waals surface area (Å²) in [6, 6.07) is 3.99. The van der Waals surface area contributed by atoms with Crippen LogP contribution >= 0.6 is 0 Å². The molecule has 5 nitrogen and oxygen atoms in total. The highest BCUT2D eigenvalue weighted by molar-refractivity contribution is 5.73. The van der Waals surface area contributed by atoms with E-state index in [-0.39, 0.29) is 12.2 Å². The maximum Gasteiger partial charge on any atom is 0.320 e. The number of methoxy groups -OCH3 is 1. The van der Waals surface area contributed by atoms with E-state index in [9.17, 15) is 9.90 Å². The summed E-state index contributed by atoms with van der Waals surface area (Å²) < 4.78 is 4.89. The first-order valence-corrected chi connectivity index (χ1v) is 4.82. The van der Waals surface area contributed by atoms with Gasteiger partial charge in [-0.2, -0.15) is 0 Å². The molecule has 16 heavy (non-hydrogen) atoms. The molecule has 88 valence electrons. The summed E-state index contributed by atoms with van der Waals surface area (Å²) >= 11 is 0. The van der Waals surface area contributed by atoms with E-state index in [0.29, 0.717) is 17.7 Å². The van der Waals surface area contributed by atoms with Gasteiger partial charge in [0.1, 0.15) is 11.8 Å². The van der Waals surface area contributed by atoms with E-state index in [2.05, 4.69) is 0 Å². The number of phenols is 1. The molecule has 1 atom stereocenters. The van der Waals surface area contributed by atoms with Gasteiger partial charge in [0, 0.05) is 12.7 Å². The van der Waals surface area contributed by atoms with E-state index < -0.39 is 12.0 Å². The molecule has 0 radical (unpaired) electrons. The van der Waals surface area contributed by atoms with E-state index >= 15 is 0 Å². The number of aromatic hydroxyl groups is 1. The predicted molar refractivity (Wildman–Crippen MR) is 58.1 cm³/mol. The van der Waals surface area contributed by atoms with Crippen LogP contribution < -0.4 is 5.73 Å². The van der Waals surface area contributed by atoms with Gasteiger partial charge in [-0.15, -0.1) is 0 Å². The van der Waals surface area contributed by atoms with Crippen LogP contribution in [0.5, 0.6) is 5.75 Å². The summed E-state index contributed by atoms with van der Waals surface area (Å²) in [6.45, 7) is 0.317. The van der Waals surface area contributed by atoms with Crippen molar-refractivity contribution in [2.45, 2.75) is 19.1 Å². The summed E-state index contributed by atoms with van der Waals surface area (Å²) in [6.07, 6.45) is 0.191. The van der Waals surface area contributed by atoms with Crippen LogP contribution in [-0.2, 0) is 22.6 Å². The highest BCUT2D eigenvalue weighted by Gasteiger charge is 2.13. The molecule has 1 aromatic rings. The molecule has 1 unspecified atom stereocenters. The zero-order valence-corrected chi connectivity index (χ0v) is 9.01. The van der Waals surface area contributed by atoms with E-state index in [1.54, 1.807) is 12.1 Å². The van der Waals surface area contributed by atoms with Crippen molar-refractivity contribution in [3.63, 3.8) is 0 Å². The second kappa shape index (κ2) is 5.48. The summed E-state index contributed by atoms with van der Waals surface area (Å²) in [4.78, 5) is 10.6. The van der Waals surface area contributed by atoms with Gasteiger partial charge in [-0.05, 0) is 18.1 Å². The lowest BCUT2D eigenvalue weighted by atomic mass is 10.0. The summed E-state index contributed by atoms with van der Waals surface area (Å²) in [5.41, 5.74) is 6.74. The SMILES string of the molecule is COCc1ccc(CC(N)C(=O)O)cc1O. The van der Waals surface area contributed by atoms with Crippen molar-refractivity contribution in [3.05, 3.63) is 29.3 Å². The average molecular weight is 225 g/mol. The average Bonchev–Trinajstić information content (AvgIpc) is 2.22. The monoisotopic (exact) mass is 225 g/mol. The smallest absolute Gasteiger partial charge is 0.320 e. The molecule has 0 spiro atoms. The Morgan fingerprint density at radius 3 is 2.75 bits per heavy atom. The van der Waals surface area contributed by atoms with Crippen LogP contribution in [-0.4, -0.2) is 29.3 Å². The van der Waals surface area contributed by atoms with E-state index in [1.807, 2.05) is 0 Å². The third-order valence-electron chi connectivity index (χ3n) is 2.22. The highest BCUT2D eigenvalue weighted by atomic mass is 16.5. The molecular formula is C11H15NO4. The molecule has 0 bridgehead atoms. The van der Waals surface area contributed by atoms with Gasteiger partial charge < -0.3 is 20.7 Å². The first-order chi connectivity index (χ1) is 7.54. The molecule has 0 aliphatic carbocycles. The molecule has 1 aromatic carbocycles. The predicted octanol–water partition coefficient (Wildman–Crippen LogP) is 0.493. The fraction of sp³-hybridized carbons (Fsp3) is 0.364. The molecule has 0 saturated heterocycles. The Bertz CT molecular complexity index is 378. The number of aliphatic carboxylic acids is 1. The van der Waals surface area contributed by atoms with Crippen LogP contribution in [0.4, 0.5) is 0 Å². The van der Waals surface area contributed by atoms with Gasteiger partial charge in [-0.3, -0.25) is 4.79 Å². The number of hydrogen-bond donors (Lipinski definition) is 3. The Balaban J connectivity index is 2.77. The maximum atomic E-state index is 10.6. The zero-order chi connectivity index (χ0) is 12.1. The largest absolute Gasteiger partial charge is 0.508 e. The summed E-state index contributed by atoms with van der Waals surface area (Å²) in [7, 11) is 1.54. The minimum absolute atomic E-state index is 0.0944. The quantitative estimate of drug-likeness (QED) is 0.678. The van der Waals surface area contributed by atoms with Crippen molar-refractivity contribution in [1.29, 1.82) is 0 Å². The molecule has 1 rings (SSSR count). The number of nitrogens with two attached hydrogens (primary N) is 1. The van der Waals surface area contributed by atoms with Gasteiger partial charge in [0.2, 0.25) is 0 Å². The van der Waals surface area contributed by atoms with Gasteiger partial charge in [0.25, 0.3) is 0 Å². The Morgan fingerprint density at radius 1 is 1.56 bits per heavy atom. The van der Waals surface area contributed by atoms with Crippen molar-refractivity contribution in [3.8, 4) is 5.75 Å². The number of hydrogen-bond acceptors (Lipinski definition) is 4. The Labute approximate surface area is 93.5 Å². The minimum Gasteiger partial charge on any atom is -0.508 e. The normalized spacial score (nSPS) is 12.4. The second-order valence-electron chi connectivity index (χ2n) is 3.54. The second-order valence-corrected chi connectivity index (χ2v) is 3.54. The van der Waals surface area contributed by atoms with Crippen molar-refractivity contribution < 1.29 is 19.7 Å². The van der Waals surface area contributed by atoms with Crippen LogP contribution in [0.2, 0.25) is 0 Å². The lowest BCUT2D eigenvalue weighted by molar-refractivity contribution is -0.138. The van der Waals surface area contributed by atoms with Crippen LogP contribution in [0.15, 0.2) is 18.2 Å². The van der Waals surface area contributed by atoms with Gasteiger partial charge in [0.15, 0.2) is 0 Å². The molecule has 0 heterocycles. The molecule has 0 amide bonds. The van der Waals surface area contributed by atoms with Gasteiger partial charge in [-0.25, -0.2) is 0 Å². The maximum absolute atomic E-state index is 10.6. The third-order valence-corrected chi connectivity index (χ3v) is 2.22. The van der Waals surface area contributed by atoms with Gasteiger partial charge >= 0.3 is 5.97 Å². The van der Waals surface area contributed by atoms with Crippen molar-refractivity contribution in [2.75, 3.05) is 7.11 Å². The van der Waals surface area contributed by atoms with Crippen LogP contribution in [0, 0.1) is 0 Å². The first kappa shape index (κ1) is 12.5. The fourth-order valence-corrected chi connectivity index (χ4v) is 1.36. The van der Waals surface area contributed by atoms with Crippen LogP contribution in [0.3, 0.4) is 0 Å². The lowest BCUT2D eigenvalue weighted by Crippen LogP contribution is -2.32. The van der Waals surface area contributed by atoms with E-state index in [4.69, 9.17) is 15.6 Å². The van der Waals surface area contributed by atoms with Gasteiger partial charge in [0.05, 0.1) is 6.61 Å². The van der Waals surface area contributed by atoms with Crippen LogP contribution in [0.25, 0.3) is 0 Å². The Kier molecular flexibility index (Phi) is 4.28. The minimum atomic E-state index is -1.06.